The lowest BCUT2D eigenvalue weighted by Crippen LogP contribution is -2.16. The Hall–Kier alpha value is -4.80. The largest absolute Gasteiger partial charge is 0.453 e. The minimum absolute atomic E-state index is 0.213. The van der Waals surface area contributed by atoms with Crippen molar-refractivity contribution < 1.29 is 17.7 Å². The Kier molecular flexibility index (Phi) is 8.59. The SMILES string of the molecule is O=C(Nc1ccc2c(c1-c1c(Op3oc4ccc5c(c4c4c6c(ccc4o3)CCCC6)CCCC5)ccc3c1CCCC3)CCCC2)c1ccccn1. The number of hydrogen-bond acceptors (Lipinski definition) is 5. The number of carbonyl (C=O) groups is 1. The third-order valence-corrected chi connectivity index (χ3v) is 13.2. The summed E-state index contributed by atoms with van der Waals surface area (Å²) < 4.78 is 21.0. The molecule has 0 bridgehead atoms. The van der Waals surface area contributed by atoms with Gasteiger partial charge in [0.1, 0.15) is 22.6 Å². The lowest BCUT2D eigenvalue weighted by atomic mass is 9.80. The molecule has 4 aliphatic carbocycles. The molecule has 53 heavy (non-hydrogen) atoms. The second kappa shape index (κ2) is 13.9. The molecule has 7 heteroatoms. The van der Waals surface area contributed by atoms with Crippen LogP contribution in [0.2, 0.25) is 0 Å². The molecular weight excluding hydrogens is 675 g/mol. The van der Waals surface area contributed by atoms with Crippen LogP contribution in [0.5, 0.6) is 5.75 Å². The Balaban J connectivity index is 1.19. The highest BCUT2D eigenvalue weighted by atomic mass is 31.1. The smallest absolute Gasteiger partial charge is 0.390 e. The van der Waals surface area contributed by atoms with Gasteiger partial charge in [0, 0.05) is 33.8 Å². The van der Waals surface area contributed by atoms with Gasteiger partial charge in [-0.25, -0.2) is 0 Å². The topological polar surface area (TPSA) is 77.5 Å². The van der Waals surface area contributed by atoms with Crippen LogP contribution in [0.4, 0.5) is 5.69 Å². The van der Waals surface area contributed by atoms with E-state index in [1.54, 1.807) is 12.3 Å². The maximum Gasteiger partial charge on any atom is 0.453 e. The summed E-state index contributed by atoms with van der Waals surface area (Å²) in [6, 6.07) is 23.0. The third-order valence-electron chi connectivity index (χ3n) is 12.2. The van der Waals surface area contributed by atoms with E-state index < -0.39 is 8.24 Å². The van der Waals surface area contributed by atoms with Crippen LogP contribution in [0.25, 0.3) is 33.1 Å². The van der Waals surface area contributed by atoms with Gasteiger partial charge in [0.2, 0.25) is 0 Å². The normalized spacial score (nSPS) is 16.3. The third kappa shape index (κ3) is 5.96. The number of carbonyl (C=O) groups excluding carboxylic acids is 1. The number of hydrogen-bond donors (Lipinski definition) is 1. The van der Waals surface area contributed by atoms with Gasteiger partial charge in [0.15, 0.2) is 0 Å². The average molecular weight is 721 g/mol. The number of aromatic nitrogens is 1. The second-order valence-corrected chi connectivity index (χ2v) is 16.3. The molecule has 6 nitrogen and oxygen atoms in total. The van der Waals surface area contributed by atoms with Crippen LogP contribution in [0.3, 0.4) is 0 Å². The highest BCUT2D eigenvalue weighted by molar-refractivity contribution is 7.32. The van der Waals surface area contributed by atoms with Gasteiger partial charge in [-0.3, -0.25) is 9.78 Å². The number of amides is 1. The monoisotopic (exact) mass is 720 g/mol. The maximum absolute atomic E-state index is 13.7. The van der Waals surface area contributed by atoms with Crippen LogP contribution in [0.1, 0.15) is 106 Å². The van der Waals surface area contributed by atoms with Crippen LogP contribution in [0, 0.1) is 0 Å². The predicted octanol–water partition coefficient (Wildman–Crippen LogP) is 12.0. The summed E-state index contributed by atoms with van der Waals surface area (Å²) in [5.41, 5.74) is 16.2. The van der Waals surface area contributed by atoms with Crippen LogP contribution >= 0.6 is 8.24 Å². The summed E-state index contributed by atoms with van der Waals surface area (Å²) in [5.74, 6) is 0.541. The lowest BCUT2D eigenvalue weighted by Gasteiger charge is -2.27. The second-order valence-electron chi connectivity index (χ2n) is 15.3. The molecule has 0 fully saturated rings. The number of nitrogens with zero attached hydrogens (tertiary/aromatic N) is 1. The molecular formula is C46H45N2O4P. The molecule has 0 spiro atoms. The quantitative estimate of drug-likeness (QED) is 0.192. The van der Waals surface area contributed by atoms with E-state index in [-0.39, 0.29) is 5.91 Å². The zero-order valence-corrected chi connectivity index (χ0v) is 31.2. The maximum atomic E-state index is 13.7. The molecule has 1 N–H and O–H groups in total. The first-order valence-electron chi connectivity index (χ1n) is 19.9. The fourth-order valence-corrected chi connectivity index (χ4v) is 10.7. The Morgan fingerprint density at radius 1 is 0.566 bits per heavy atom. The van der Waals surface area contributed by atoms with Crippen molar-refractivity contribution in [2.45, 2.75) is 103 Å². The molecule has 1 amide bonds. The van der Waals surface area contributed by atoms with Gasteiger partial charge >= 0.3 is 8.24 Å². The molecule has 0 saturated heterocycles. The Labute approximate surface area is 311 Å². The molecule has 6 aromatic rings. The first-order valence-corrected chi connectivity index (χ1v) is 21.0. The molecule has 268 valence electrons. The summed E-state index contributed by atoms with van der Waals surface area (Å²) in [6.45, 7) is 0. The van der Waals surface area contributed by atoms with E-state index in [0.717, 1.165) is 97.9 Å². The van der Waals surface area contributed by atoms with Crippen molar-refractivity contribution in [1.29, 1.82) is 0 Å². The highest BCUT2D eigenvalue weighted by Crippen LogP contribution is 2.50. The van der Waals surface area contributed by atoms with E-state index >= 15 is 0 Å². The van der Waals surface area contributed by atoms with E-state index in [1.165, 1.54) is 93.8 Å². The zero-order chi connectivity index (χ0) is 35.3. The van der Waals surface area contributed by atoms with Gasteiger partial charge in [-0.15, -0.1) is 0 Å². The molecule has 2 aromatic heterocycles. The van der Waals surface area contributed by atoms with E-state index in [9.17, 15) is 4.79 Å². The molecule has 0 saturated carbocycles. The average Bonchev–Trinajstić information content (AvgIpc) is 3.38. The van der Waals surface area contributed by atoms with Crippen molar-refractivity contribution in [3.8, 4) is 16.9 Å². The van der Waals surface area contributed by atoms with Gasteiger partial charge in [-0.1, -0.05) is 30.3 Å². The van der Waals surface area contributed by atoms with Gasteiger partial charge < -0.3 is 18.2 Å². The molecule has 10 rings (SSSR count). The minimum atomic E-state index is -1.87. The molecule has 0 radical (unpaired) electrons. The van der Waals surface area contributed by atoms with E-state index in [4.69, 9.17) is 12.9 Å². The van der Waals surface area contributed by atoms with Gasteiger partial charge in [0.25, 0.3) is 5.91 Å². The summed E-state index contributed by atoms with van der Waals surface area (Å²) in [6.07, 6.45) is 19.4. The van der Waals surface area contributed by atoms with Crippen molar-refractivity contribution in [2.24, 2.45) is 0 Å². The minimum Gasteiger partial charge on any atom is -0.390 e. The Morgan fingerprint density at radius 3 is 1.66 bits per heavy atom. The standard InChI is InChI=1S/C46H45N2O4P/c49-46(38-19-9-10-28-47-38)48-37-24-20-29-11-1-5-15-33(29)42(37)43-34-16-6-2-12-30(34)21-25-39(43)50-53-51-40-26-22-31-13-3-7-17-35(31)44(40)45-36-18-8-4-14-32(36)23-27-41(45)52-53/h9-10,19-28H,1-8,11-18H2,(H,48,49). The Morgan fingerprint density at radius 2 is 1.08 bits per heavy atom. The fourth-order valence-electron chi connectivity index (χ4n) is 9.67. The van der Waals surface area contributed by atoms with Crippen LogP contribution < -0.4 is 9.84 Å². The van der Waals surface area contributed by atoms with Gasteiger partial charge in [-0.2, -0.15) is 0 Å². The zero-order valence-electron chi connectivity index (χ0n) is 30.3. The van der Waals surface area contributed by atoms with Gasteiger partial charge in [0.05, 0.1) is 0 Å². The summed E-state index contributed by atoms with van der Waals surface area (Å²) in [5, 5.41) is 5.75. The van der Waals surface area contributed by atoms with Crippen LogP contribution in [-0.2, 0) is 51.4 Å². The predicted molar refractivity (Wildman–Crippen MR) is 213 cm³/mol. The molecule has 4 aromatic carbocycles. The number of aryl methyl sites for hydroxylation is 6. The highest BCUT2D eigenvalue weighted by Gasteiger charge is 2.28. The molecule has 2 heterocycles. The fraction of sp³-hybridized carbons (Fsp3) is 0.348. The van der Waals surface area contributed by atoms with Crippen molar-refractivity contribution in [3.05, 3.63) is 123 Å². The molecule has 4 aliphatic rings. The van der Waals surface area contributed by atoms with Crippen molar-refractivity contribution in [1.82, 2.24) is 4.98 Å². The van der Waals surface area contributed by atoms with E-state index in [0.29, 0.717) is 5.69 Å². The van der Waals surface area contributed by atoms with Crippen molar-refractivity contribution >= 4 is 41.8 Å². The van der Waals surface area contributed by atoms with Crippen LogP contribution in [0.15, 0.2) is 81.3 Å². The summed E-state index contributed by atoms with van der Waals surface area (Å²) in [7, 11) is -1.87. The first-order chi connectivity index (χ1) is 26.2. The number of nitrogens with one attached hydrogen (secondary N) is 1. The molecule has 0 unspecified atom stereocenters. The van der Waals surface area contributed by atoms with Crippen molar-refractivity contribution in [3.63, 3.8) is 0 Å². The number of rotatable bonds is 5. The van der Waals surface area contributed by atoms with E-state index in [1.807, 2.05) is 12.1 Å². The number of benzene rings is 4. The lowest BCUT2D eigenvalue weighted by molar-refractivity contribution is 0.102. The van der Waals surface area contributed by atoms with E-state index in [2.05, 4.69) is 58.8 Å². The van der Waals surface area contributed by atoms with Crippen molar-refractivity contribution in [2.75, 3.05) is 5.32 Å². The molecule has 0 aliphatic heterocycles. The summed E-state index contributed by atoms with van der Waals surface area (Å²) >= 11 is 0. The number of pyridine rings is 1. The number of anilines is 1. The summed E-state index contributed by atoms with van der Waals surface area (Å²) in [4.78, 5) is 18.1. The molecule has 0 atom stereocenters. The van der Waals surface area contributed by atoms with Gasteiger partial charge in [-0.05, 0) is 184 Å². The first kappa shape index (κ1) is 32.8. The Bertz CT molecular complexity index is 2370. The van der Waals surface area contributed by atoms with Crippen LogP contribution in [-0.4, -0.2) is 10.9 Å². The number of fused-ring (bicyclic) bond motifs is 9.